The quantitative estimate of drug-likeness (QED) is 0.803. The Morgan fingerprint density at radius 2 is 2.18 bits per heavy atom. The molecule has 114 valence electrons. The fraction of sp³-hybridized carbons (Fsp3) is 0.353. The van der Waals surface area contributed by atoms with Crippen LogP contribution in [-0.4, -0.2) is 28.0 Å². The molecular formula is C17H18FN3O. The van der Waals surface area contributed by atoms with Gasteiger partial charge in [0.25, 0.3) is 0 Å². The molecule has 4 rings (SSSR count). The van der Waals surface area contributed by atoms with E-state index >= 15 is 0 Å². The molecule has 1 N–H and O–H groups in total. The lowest BCUT2D eigenvalue weighted by Crippen LogP contribution is -2.20. The van der Waals surface area contributed by atoms with Crippen molar-refractivity contribution >= 4 is 10.9 Å². The van der Waals surface area contributed by atoms with Gasteiger partial charge in [-0.15, -0.1) is 0 Å². The fourth-order valence-corrected chi connectivity index (χ4v) is 3.13. The van der Waals surface area contributed by atoms with E-state index in [0.717, 1.165) is 54.6 Å². The smallest absolute Gasteiger partial charge is 0.125 e. The number of aromatic nitrogens is 3. The van der Waals surface area contributed by atoms with Crippen LogP contribution in [0.1, 0.15) is 12.8 Å². The standard InChI is InChI=1S/C17H18FN3O/c18-14-1-2-15-16(9-19-17(15)7-14)13-8-20-21(11-13)10-12-3-5-22-6-4-12/h1-2,7-9,11-12,19H,3-6,10H2. The van der Waals surface area contributed by atoms with Gasteiger partial charge in [-0.25, -0.2) is 4.39 Å². The third-order valence-corrected chi connectivity index (χ3v) is 4.37. The van der Waals surface area contributed by atoms with Crippen molar-refractivity contribution in [2.75, 3.05) is 13.2 Å². The highest BCUT2D eigenvalue weighted by molar-refractivity contribution is 5.95. The second-order valence-electron chi connectivity index (χ2n) is 5.90. The second-order valence-corrected chi connectivity index (χ2v) is 5.90. The van der Waals surface area contributed by atoms with Crippen LogP contribution < -0.4 is 0 Å². The Bertz CT molecular complexity index is 786. The monoisotopic (exact) mass is 299 g/mol. The normalized spacial score (nSPS) is 16.4. The number of benzene rings is 1. The molecule has 1 aliphatic heterocycles. The molecule has 3 heterocycles. The number of nitrogens with zero attached hydrogens (tertiary/aromatic N) is 2. The number of rotatable bonds is 3. The summed E-state index contributed by atoms with van der Waals surface area (Å²) in [5.41, 5.74) is 2.94. The van der Waals surface area contributed by atoms with Crippen molar-refractivity contribution in [2.45, 2.75) is 19.4 Å². The average Bonchev–Trinajstić information content (AvgIpc) is 3.14. The Morgan fingerprint density at radius 1 is 1.32 bits per heavy atom. The van der Waals surface area contributed by atoms with Gasteiger partial charge in [0.05, 0.1) is 6.20 Å². The van der Waals surface area contributed by atoms with Crippen LogP contribution in [0.3, 0.4) is 0 Å². The van der Waals surface area contributed by atoms with Crippen LogP contribution in [0.5, 0.6) is 0 Å². The maximum absolute atomic E-state index is 13.3. The van der Waals surface area contributed by atoms with Crippen molar-refractivity contribution in [3.63, 3.8) is 0 Å². The number of hydrogen-bond acceptors (Lipinski definition) is 2. The first kappa shape index (κ1) is 13.5. The van der Waals surface area contributed by atoms with Crippen LogP contribution in [-0.2, 0) is 11.3 Å². The zero-order chi connectivity index (χ0) is 14.9. The summed E-state index contributed by atoms with van der Waals surface area (Å²) in [7, 11) is 0. The average molecular weight is 299 g/mol. The van der Waals surface area contributed by atoms with Crippen LogP contribution in [0.2, 0.25) is 0 Å². The topological polar surface area (TPSA) is 42.8 Å². The lowest BCUT2D eigenvalue weighted by atomic mass is 10.0. The zero-order valence-electron chi connectivity index (χ0n) is 12.3. The second kappa shape index (κ2) is 5.57. The molecule has 4 nitrogen and oxygen atoms in total. The van der Waals surface area contributed by atoms with Gasteiger partial charge in [0.1, 0.15) is 5.82 Å². The van der Waals surface area contributed by atoms with Crippen LogP contribution >= 0.6 is 0 Å². The molecule has 0 unspecified atom stereocenters. The van der Waals surface area contributed by atoms with E-state index in [2.05, 4.69) is 16.3 Å². The van der Waals surface area contributed by atoms with Gasteiger partial charge in [0.15, 0.2) is 0 Å². The number of H-pyrrole nitrogens is 1. The maximum atomic E-state index is 13.3. The van der Waals surface area contributed by atoms with Crippen molar-refractivity contribution in [2.24, 2.45) is 5.92 Å². The van der Waals surface area contributed by atoms with Gasteiger partial charge in [-0.1, -0.05) is 0 Å². The van der Waals surface area contributed by atoms with Gasteiger partial charge in [-0.05, 0) is 37.0 Å². The summed E-state index contributed by atoms with van der Waals surface area (Å²) in [5, 5.41) is 5.50. The molecule has 0 saturated carbocycles. The number of aromatic amines is 1. The number of fused-ring (bicyclic) bond motifs is 1. The lowest BCUT2D eigenvalue weighted by molar-refractivity contribution is 0.0601. The summed E-state index contributed by atoms with van der Waals surface area (Å²) in [4.78, 5) is 3.12. The molecule has 0 spiro atoms. The molecule has 1 saturated heterocycles. The molecule has 0 radical (unpaired) electrons. The van der Waals surface area contributed by atoms with E-state index < -0.39 is 0 Å². The predicted molar refractivity (Wildman–Crippen MR) is 83.0 cm³/mol. The minimum absolute atomic E-state index is 0.226. The summed E-state index contributed by atoms with van der Waals surface area (Å²) in [6, 6.07) is 4.82. The number of nitrogens with one attached hydrogen (secondary N) is 1. The highest BCUT2D eigenvalue weighted by Crippen LogP contribution is 2.29. The Balaban J connectivity index is 1.59. The molecule has 1 aromatic carbocycles. The number of ether oxygens (including phenoxy) is 1. The minimum atomic E-state index is -0.226. The SMILES string of the molecule is Fc1ccc2c(-c3cnn(CC4CCOCC4)c3)c[nH]c2c1. The Hall–Kier alpha value is -2.14. The fourth-order valence-electron chi connectivity index (χ4n) is 3.13. The maximum Gasteiger partial charge on any atom is 0.125 e. The molecule has 0 amide bonds. The van der Waals surface area contributed by atoms with E-state index in [1.807, 2.05) is 23.1 Å². The lowest BCUT2D eigenvalue weighted by Gasteiger charge is -2.21. The summed E-state index contributed by atoms with van der Waals surface area (Å²) in [6.07, 6.45) is 8.07. The first-order valence-electron chi connectivity index (χ1n) is 7.67. The van der Waals surface area contributed by atoms with Gasteiger partial charge >= 0.3 is 0 Å². The van der Waals surface area contributed by atoms with Crippen molar-refractivity contribution < 1.29 is 9.13 Å². The minimum Gasteiger partial charge on any atom is -0.381 e. The van der Waals surface area contributed by atoms with Gasteiger partial charge in [0.2, 0.25) is 0 Å². The van der Waals surface area contributed by atoms with E-state index in [1.165, 1.54) is 12.1 Å². The zero-order valence-corrected chi connectivity index (χ0v) is 12.3. The molecule has 22 heavy (non-hydrogen) atoms. The first-order valence-corrected chi connectivity index (χ1v) is 7.67. The molecule has 3 aromatic rings. The highest BCUT2D eigenvalue weighted by atomic mass is 19.1. The number of hydrogen-bond donors (Lipinski definition) is 1. The Morgan fingerprint density at radius 3 is 3.05 bits per heavy atom. The van der Waals surface area contributed by atoms with E-state index in [0.29, 0.717) is 5.92 Å². The van der Waals surface area contributed by atoms with Gasteiger partial charge in [0, 0.05) is 54.2 Å². The molecule has 0 aliphatic carbocycles. The summed E-state index contributed by atoms with van der Waals surface area (Å²) < 4.78 is 20.7. The van der Waals surface area contributed by atoms with Crippen LogP contribution in [0.15, 0.2) is 36.8 Å². The summed E-state index contributed by atoms with van der Waals surface area (Å²) >= 11 is 0. The predicted octanol–water partition coefficient (Wildman–Crippen LogP) is 3.60. The van der Waals surface area contributed by atoms with Crippen LogP contribution in [0.4, 0.5) is 4.39 Å². The molecule has 1 fully saturated rings. The van der Waals surface area contributed by atoms with Crippen LogP contribution in [0.25, 0.3) is 22.0 Å². The van der Waals surface area contributed by atoms with Gasteiger partial charge in [-0.2, -0.15) is 5.10 Å². The summed E-state index contributed by atoms with van der Waals surface area (Å²) in [5.74, 6) is 0.412. The Labute approximate surface area is 127 Å². The third-order valence-electron chi connectivity index (χ3n) is 4.37. The van der Waals surface area contributed by atoms with Gasteiger partial charge < -0.3 is 9.72 Å². The molecule has 1 aliphatic rings. The highest BCUT2D eigenvalue weighted by Gasteiger charge is 2.15. The van der Waals surface area contributed by atoms with E-state index in [1.54, 1.807) is 0 Å². The summed E-state index contributed by atoms with van der Waals surface area (Å²) in [6.45, 7) is 2.64. The van der Waals surface area contributed by atoms with Crippen molar-refractivity contribution in [1.82, 2.24) is 14.8 Å². The van der Waals surface area contributed by atoms with E-state index in [4.69, 9.17) is 4.74 Å². The molecule has 5 heteroatoms. The van der Waals surface area contributed by atoms with Crippen molar-refractivity contribution in [3.05, 3.63) is 42.6 Å². The largest absolute Gasteiger partial charge is 0.381 e. The van der Waals surface area contributed by atoms with Crippen molar-refractivity contribution in [1.29, 1.82) is 0 Å². The molecule has 0 bridgehead atoms. The van der Waals surface area contributed by atoms with E-state index in [-0.39, 0.29) is 5.82 Å². The van der Waals surface area contributed by atoms with E-state index in [9.17, 15) is 4.39 Å². The third kappa shape index (κ3) is 2.52. The Kier molecular flexibility index (Phi) is 3.42. The molecule has 0 atom stereocenters. The molecule has 2 aromatic heterocycles. The van der Waals surface area contributed by atoms with Gasteiger partial charge in [-0.3, -0.25) is 4.68 Å². The molecular weight excluding hydrogens is 281 g/mol. The van der Waals surface area contributed by atoms with Crippen LogP contribution in [0, 0.1) is 11.7 Å². The number of halogens is 1. The van der Waals surface area contributed by atoms with Crippen molar-refractivity contribution in [3.8, 4) is 11.1 Å². The first-order chi connectivity index (χ1) is 10.8.